The highest BCUT2D eigenvalue weighted by atomic mass is 35.5. The molecule has 2 aromatic carbocycles. The second-order valence-corrected chi connectivity index (χ2v) is 9.39. The molecule has 0 radical (unpaired) electrons. The molecular weight excluding hydrogens is 451 g/mol. The SMILES string of the molecule is CC(C)(C)OC(=O)N1CCN(c2ccc(-c3noc(-c4ccc(Cl)cc4Cl)n3)cc2)CC1. The number of anilines is 1. The molecule has 0 unspecified atom stereocenters. The van der Waals surface area contributed by atoms with Crippen molar-refractivity contribution in [3.05, 3.63) is 52.5 Å². The largest absolute Gasteiger partial charge is 0.444 e. The summed E-state index contributed by atoms with van der Waals surface area (Å²) in [5, 5.41) is 5.07. The molecule has 3 aromatic rings. The van der Waals surface area contributed by atoms with Gasteiger partial charge in [-0.2, -0.15) is 4.98 Å². The Morgan fingerprint density at radius 2 is 1.72 bits per heavy atom. The van der Waals surface area contributed by atoms with Crippen molar-refractivity contribution in [3.8, 4) is 22.8 Å². The molecule has 0 spiro atoms. The van der Waals surface area contributed by atoms with E-state index in [2.05, 4.69) is 15.0 Å². The second-order valence-electron chi connectivity index (χ2n) is 8.55. The van der Waals surface area contributed by atoms with Crippen LogP contribution in [-0.4, -0.2) is 52.9 Å². The third-order valence-corrected chi connectivity index (χ3v) is 5.56. The molecule has 0 saturated carbocycles. The van der Waals surface area contributed by atoms with Crippen molar-refractivity contribution >= 4 is 35.0 Å². The van der Waals surface area contributed by atoms with Crippen molar-refractivity contribution < 1.29 is 14.1 Å². The van der Waals surface area contributed by atoms with Crippen LogP contribution in [-0.2, 0) is 4.74 Å². The van der Waals surface area contributed by atoms with Crippen LogP contribution in [0.15, 0.2) is 47.0 Å². The predicted molar refractivity (Wildman–Crippen MR) is 125 cm³/mol. The van der Waals surface area contributed by atoms with E-state index in [1.165, 1.54) is 0 Å². The van der Waals surface area contributed by atoms with Gasteiger partial charge in [-0.3, -0.25) is 0 Å². The first kappa shape index (κ1) is 22.4. The standard InChI is InChI=1S/C23H24Cl2N4O3/c1-23(2,3)31-22(30)29-12-10-28(11-13-29)17-7-4-15(5-8-17)20-26-21(32-27-20)18-9-6-16(24)14-19(18)25/h4-9,14H,10-13H2,1-3H3. The Hall–Kier alpha value is -2.77. The van der Waals surface area contributed by atoms with Gasteiger partial charge in [-0.15, -0.1) is 0 Å². The molecule has 0 atom stereocenters. The lowest BCUT2D eigenvalue weighted by molar-refractivity contribution is 0.0240. The first-order valence-electron chi connectivity index (χ1n) is 10.3. The molecule has 0 bridgehead atoms. The van der Waals surface area contributed by atoms with Gasteiger partial charge in [0, 0.05) is 42.5 Å². The molecule has 168 valence electrons. The van der Waals surface area contributed by atoms with Crippen molar-refractivity contribution in [2.24, 2.45) is 0 Å². The summed E-state index contributed by atoms with van der Waals surface area (Å²) in [6, 6.07) is 13.1. The summed E-state index contributed by atoms with van der Waals surface area (Å²) in [5.74, 6) is 0.816. The third kappa shape index (κ3) is 5.16. The lowest BCUT2D eigenvalue weighted by Gasteiger charge is -2.36. The second kappa shape index (κ2) is 9.00. The number of rotatable bonds is 3. The summed E-state index contributed by atoms with van der Waals surface area (Å²) >= 11 is 12.2. The van der Waals surface area contributed by atoms with Gasteiger partial charge in [-0.05, 0) is 63.2 Å². The van der Waals surface area contributed by atoms with Crippen LogP contribution in [0.3, 0.4) is 0 Å². The van der Waals surface area contributed by atoms with E-state index < -0.39 is 5.60 Å². The molecular formula is C23H24Cl2N4O3. The fraction of sp³-hybridized carbons (Fsp3) is 0.348. The van der Waals surface area contributed by atoms with Gasteiger partial charge in [0.1, 0.15) is 5.60 Å². The molecule has 32 heavy (non-hydrogen) atoms. The van der Waals surface area contributed by atoms with E-state index in [4.69, 9.17) is 32.5 Å². The van der Waals surface area contributed by atoms with Crippen LogP contribution in [0.1, 0.15) is 20.8 Å². The van der Waals surface area contributed by atoms with Crippen LogP contribution in [0.4, 0.5) is 10.5 Å². The molecule has 0 aliphatic carbocycles. The highest BCUT2D eigenvalue weighted by Gasteiger charge is 2.26. The average Bonchev–Trinajstić information content (AvgIpc) is 3.23. The number of hydrogen-bond acceptors (Lipinski definition) is 6. The van der Waals surface area contributed by atoms with Crippen molar-refractivity contribution in [1.82, 2.24) is 15.0 Å². The zero-order chi connectivity index (χ0) is 22.9. The Morgan fingerprint density at radius 1 is 1.03 bits per heavy atom. The summed E-state index contributed by atoms with van der Waals surface area (Å²) in [4.78, 5) is 20.7. The van der Waals surface area contributed by atoms with Gasteiger partial charge >= 0.3 is 6.09 Å². The fourth-order valence-corrected chi connectivity index (χ4v) is 3.90. The van der Waals surface area contributed by atoms with Gasteiger partial charge in [0.15, 0.2) is 0 Å². The van der Waals surface area contributed by atoms with Gasteiger partial charge in [0.25, 0.3) is 5.89 Å². The zero-order valence-corrected chi connectivity index (χ0v) is 19.7. The van der Waals surface area contributed by atoms with Crippen LogP contribution in [0.25, 0.3) is 22.8 Å². The summed E-state index contributed by atoms with van der Waals surface area (Å²) in [6.45, 7) is 8.33. The van der Waals surface area contributed by atoms with Crippen LogP contribution >= 0.6 is 23.2 Å². The third-order valence-electron chi connectivity index (χ3n) is 5.01. The molecule has 1 fully saturated rings. The fourth-order valence-electron chi connectivity index (χ4n) is 3.41. The van der Waals surface area contributed by atoms with E-state index in [9.17, 15) is 4.79 Å². The lowest BCUT2D eigenvalue weighted by Crippen LogP contribution is -2.50. The Labute approximate surface area is 196 Å². The zero-order valence-electron chi connectivity index (χ0n) is 18.1. The van der Waals surface area contributed by atoms with Gasteiger partial charge in [-0.1, -0.05) is 28.4 Å². The number of amides is 1. The lowest BCUT2D eigenvalue weighted by atomic mass is 10.1. The Balaban J connectivity index is 1.40. The highest BCUT2D eigenvalue weighted by molar-refractivity contribution is 6.36. The summed E-state index contributed by atoms with van der Waals surface area (Å²) < 4.78 is 10.9. The average molecular weight is 475 g/mol. The number of nitrogens with zero attached hydrogens (tertiary/aromatic N) is 4. The van der Waals surface area contributed by atoms with Crippen molar-refractivity contribution in [2.75, 3.05) is 31.1 Å². The van der Waals surface area contributed by atoms with Gasteiger partial charge in [0.2, 0.25) is 5.82 Å². The Bertz CT molecular complexity index is 1100. The molecule has 4 rings (SSSR count). The molecule has 7 nitrogen and oxygen atoms in total. The molecule has 0 N–H and O–H groups in total. The van der Waals surface area contributed by atoms with Gasteiger partial charge in [0.05, 0.1) is 10.6 Å². The van der Waals surface area contributed by atoms with Crippen LogP contribution in [0, 0.1) is 0 Å². The number of aromatic nitrogens is 2. The van der Waals surface area contributed by atoms with E-state index >= 15 is 0 Å². The van der Waals surface area contributed by atoms with Gasteiger partial charge in [-0.25, -0.2) is 4.79 Å². The predicted octanol–water partition coefficient (Wildman–Crippen LogP) is 5.77. The van der Waals surface area contributed by atoms with Crippen molar-refractivity contribution in [1.29, 1.82) is 0 Å². The summed E-state index contributed by atoms with van der Waals surface area (Å²) in [6.07, 6.45) is -0.263. The number of hydrogen-bond donors (Lipinski definition) is 0. The maximum absolute atomic E-state index is 12.2. The number of benzene rings is 2. The highest BCUT2D eigenvalue weighted by Crippen LogP contribution is 2.31. The minimum atomic E-state index is -0.488. The molecule has 1 aliphatic heterocycles. The summed E-state index contributed by atoms with van der Waals surface area (Å²) in [5.41, 5.74) is 2.05. The number of ether oxygens (including phenoxy) is 1. The molecule has 9 heteroatoms. The number of halogens is 2. The first-order valence-corrected chi connectivity index (χ1v) is 11.1. The minimum Gasteiger partial charge on any atom is -0.444 e. The van der Waals surface area contributed by atoms with Crippen LogP contribution < -0.4 is 4.90 Å². The maximum atomic E-state index is 12.2. The van der Waals surface area contributed by atoms with Crippen molar-refractivity contribution in [3.63, 3.8) is 0 Å². The Kier molecular flexibility index (Phi) is 6.31. The molecule has 1 saturated heterocycles. The number of piperazine rings is 1. The van der Waals surface area contributed by atoms with Crippen molar-refractivity contribution in [2.45, 2.75) is 26.4 Å². The smallest absolute Gasteiger partial charge is 0.410 e. The first-order chi connectivity index (χ1) is 15.2. The van der Waals surface area contributed by atoms with E-state index in [-0.39, 0.29) is 6.09 Å². The molecule has 1 aromatic heterocycles. The number of carbonyl (C=O) groups is 1. The monoisotopic (exact) mass is 474 g/mol. The van der Waals surface area contributed by atoms with E-state index in [0.29, 0.717) is 40.4 Å². The normalized spacial score (nSPS) is 14.5. The topological polar surface area (TPSA) is 71.7 Å². The molecule has 2 heterocycles. The Morgan fingerprint density at radius 3 is 2.34 bits per heavy atom. The summed E-state index contributed by atoms with van der Waals surface area (Å²) in [7, 11) is 0. The van der Waals surface area contributed by atoms with Crippen LogP contribution in [0.2, 0.25) is 10.0 Å². The van der Waals surface area contributed by atoms with Gasteiger partial charge < -0.3 is 19.1 Å². The van der Waals surface area contributed by atoms with E-state index in [1.807, 2.05) is 45.0 Å². The maximum Gasteiger partial charge on any atom is 0.410 e. The van der Waals surface area contributed by atoms with E-state index in [0.717, 1.165) is 24.3 Å². The molecule has 1 amide bonds. The number of carbonyl (C=O) groups excluding carboxylic acids is 1. The quantitative estimate of drug-likeness (QED) is 0.479. The van der Waals surface area contributed by atoms with Crippen LogP contribution in [0.5, 0.6) is 0 Å². The van der Waals surface area contributed by atoms with E-state index in [1.54, 1.807) is 23.1 Å². The minimum absolute atomic E-state index is 0.263. The molecule has 1 aliphatic rings.